The van der Waals surface area contributed by atoms with E-state index in [9.17, 15) is 0 Å². The monoisotopic (exact) mass is 327 g/mol. The van der Waals surface area contributed by atoms with Crippen molar-refractivity contribution in [3.63, 3.8) is 0 Å². The summed E-state index contributed by atoms with van der Waals surface area (Å²) < 4.78 is 6.29. The van der Waals surface area contributed by atoms with Gasteiger partial charge in [-0.3, -0.25) is 0 Å². The molecular weight excluding hydrogens is 313 g/mol. The molecular formula is C13H14INO. The predicted molar refractivity (Wildman–Crippen MR) is 73.1 cm³/mol. The molecule has 0 spiro atoms. The van der Waals surface area contributed by atoms with Gasteiger partial charge in [0.15, 0.2) is 0 Å². The summed E-state index contributed by atoms with van der Waals surface area (Å²) in [7, 11) is 0. The maximum Gasteiger partial charge on any atom is 0.0947 e. The molecule has 1 N–H and O–H groups in total. The molecule has 0 amide bonds. The van der Waals surface area contributed by atoms with Gasteiger partial charge in [-0.1, -0.05) is 12.1 Å². The fourth-order valence-electron chi connectivity index (χ4n) is 1.53. The van der Waals surface area contributed by atoms with Crippen LogP contribution in [0, 0.1) is 3.57 Å². The van der Waals surface area contributed by atoms with Gasteiger partial charge in [-0.25, -0.2) is 0 Å². The number of hydrogen-bond donors (Lipinski definition) is 1. The molecule has 1 aromatic heterocycles. The van der Waals surface area contributed by atoms with Gasteiger partial charge in [-0.2, -0.15) is 0 Å². The molecule has 2 aromatic rings. The standard InChI is InChI=1S/C13H14INO/c1-10(12-2-4-13(14)5-3-12)15-8-11-6-7-16-9-11/h2-7,9-10,15H,8H2,1H3. The fourth-order valence-corrected chi connectivity index (χ4v) is 1.89. The molecule has 0 aliphatic rings. The van der Waals surface area contributed by atoms with Crippen LogP contribution in [0.5, 0.6) is 0 Å². The van der Waals surface area contributed by atoms with E-state index in [-0.39, 0.29) is 0 Å². The SMILES string of the molecule is CC(NCc1ccoc1)c1ccc(I)cc1. The lowest BCUT2D eigenvalue weighted by atomic mass is 10.1. The molecule has 0 bridgehead atoms. The zero-order valence-electron chi connectivity index (χ0n) is 9.11. The van der Waals surface area contributed by atoms with E-state index >= 15 is 0 Å². The Morgan fingerprint density at radius 2 is 2.00 bits per heavy atom. The topological polar surface area (TPSA) is 25.2 Å². The van der Waals surface area contributed by atoms with Crippen LogP contribution in [0.15, 0.2) is 47.3 Å². The smallest absolute Gasteiger partial charge is 0.0947 e. The van der Waals surface area contributed by atoms with E-state index in [4.69, 9.17) is 4.42 Å². The van der Waals surface area contributed by atoms with Gasteiger partial charge < -0.3 is 9.73 Å². The third-order valence-corrected chi connectivity index (χ3v) is 3.28. The number of nitrogens with one attached hydrogen (secondary N) is 1. The van der Waals surface area contributed by atoms with Crippen molar-refractivity contribution in [2.45, 2.75) is 19.5 Å². The fraction of sp³-hybridized carbons (Fsp3) is 0.231. The van der Waals surface area contributed by atoms with Crippen molar-refractivity contribution < 1.29 is 4.42 Å². The highest BCUT2D eigenvalue weighted by Gasteiger charge is 2.04. The van der Waals surface area contributed by atoms with Crippen molar-refractivity contribution in [2.24, 2.45) is 0 Å². The molecule has 2 nitrogen and oxygen atoms in total. The Labute approximate surface area is 109 Å². The summed E-state index contributed by atoms with van der Waals surface area (Å²) in [5.41, 5.74) is 2.49. The lowest BCUT2D eigenvalue weighted by molar-refractivity contribution is 0.546. The van der Waals surface area contributed by atoms with Crippen molar-refractivity contribution in [3.8, 4) is 0 Å². The van der Waals surface area contributed by atoms with Crippen LogP contribution in [-0.4, -0.2) is 0 Å². The predicted octanol–water partition coefficient (Wildman–Crippen LogP) is 3.74. The van der Waals surface area contributed by atoms with Crippen molar-refractivity contribution in [1.82, 2.24) is 5.32 Å². The van der Waals surface area contributed by atoms with Gasteiger partial charge in [-0.15, -0.1) is 0 Å². The minimum absolute atomic E-state index is 0.354. The Morgan fingerprint density at radius 3 is 2.62 bits per heavy atom. The van der Waals surface area contributed by atoms with Gasteiger partial charge >= 0.3 is 0 Å². The summed E-state index contributed by atoms with van der Waals surface area (Å²) >= 11 is 2.32. The van der Waals surface area contributed by atoms with Gasteiger partial charge in [0.1, 0.15) is 0 Å². The molecule has 84 valence electrons. The van der Waals surface area contributed by atoms with Gasteiger partial charge in [0.25, 0.3) is 0 Å². The zero-order chi connectivity index (χ0) is 11.4. The van der Waals surface area contributed by atoms with Crippen LogP contribution in [-0.2, 0) is 6.54 Å². The van der Waals surface area contributed by atoms with E-state index in [0.717, 1.165) is 6.54 Å². The Hall–Kier alpha value is -0.810. The maximum atomic E-state index is 5.03. The van der Waals surface area contributed by atoms with E-state index in [1.54, 1.807) is 12.5 Å². The van der Waals surface area contributed by atoms with Crippen molar-refractivity contribution >= 4 is 22.6 Å². The number of hydrogen-bond acceptors (Lipinski definition) is 2. The molecule has 1 unspecified atom stereocenters. The molecule has 0 saturated heterocycles. The highest BCUT2D eigenvalue weighted by Crippen LogP contribution is 2.15. The third-order valence-electron chi connectivity index (χ3n) is 2.56. The Morgan fingerprint density at radius 1 is 1.25 bits per heavy atom. The molecule has 1 atom stereocenters. The van der Waals surface area contributed by atoms with E-state index in [2.05, 4.69) is 59.1 Å². The first-order valence-electron chi connectivity index (χ1n) is 5.25. The Kier molecular flexibility index (Phi) is 4.01. The van der Waals surface area contributed by atoms with Gasteiger partial charge in [0, 0.05) is 21.7 Å². The van der Waals surface area contributed by atoms with Gasteiger partial charge in [-0.05, 0) is 53.3 Å². The van der Waals surface area contributed by atoms with Crippen LogP contribution in [0.25, 0.3) is 0 Å². The van der Waals surface area contributed by atoms with Crippen LogP contribution >= 0.6 is 22.6 Å². The second-order valence-electron chi connectivity index (χ2n) is 3.79. The van der Waals surface area contributed by atoms with E-state index in [1.165, 1.54) is 14.7 Å². The summed E-state index contributed by atoms with van der Waals surface area (Å²) in [4.78, 5) is 0. The summed E-state index contributed by atoms with van der Waals surface area (Å²) in [5.74, 6) is 0. The second-order valence-corrected chi connectivity index (χ2v) is 5.03. The Balaban J connectivity index is 1.93. The summed E-state index contributed by atoms with van der Waals surface area (Å²) in [5, 5.41) is 3.46. The molecule has 3 heteroatoms. The van der Waals surface area contributed by atoms with Gasteiger partial charge in [0.2, 0.25) is 0 Å². The van der Waals surface area contributed by atoms with Crippen molar-refractivity contribution in [2.75, 3.05) is 0 Å². The minimum atomic E-state index is 0.354. The number of benzene rings is 1. The first kappa shape index (κ1) is 11.7. The van der Waals surface area contributed by atoms with Crippen molar-refractivity contribution in [3.05, 3.63) is 57.6 Å². The minimum Gasteiger partial charge on any atom is -0.472 e. The lowest BCUT2D eigenvalue weighted by Crippen LogP contribution is -2.17. The molecule has 0 aliphatic carbocycles. The first-order chi connectivity index (χ1) is 7.75. The molecule has 16 heavy (non-hydrogen) atoms. The molecule has 1 heterocycles. The third kappa shape index (κ3) is 3.09. The van der Waals surface area contributed by atoms with E-state index < -0.39 is 0 Å². The molecule has 0 fully saturated rings. The lowest BCUT2D eigenvalue weighted by Gasteiger charge is -2.13. The highest BCUT2D eigenvalue weighted by atomic mass is 127. The van der Waals surface area contributed by atoms with Crippen LogP contribution in [0.2, 0.25) is 0 Å². The number of rotatable bonds is 4. The summed E-state index contributed by atoms with van der Waals surface area (Å²) in [6.07, 6.45) is 3.47. The van der Waals surface area contributed by atoms with Crippen molar-refractivity contribution in [1.29, 1.82) is 0 Å². The van der Waals surface area contributed by atoms with Crippen LogP contribution in [0.3, 0.4) is 0 Å². The molecule has 0 aliphatic heterocycles. The molecule has 0 saturated carbocycles. The van der Waals surface area contributed by atoms with Crippen LogP contribution < -0.4 is 5.32 Å². The number of halogens is 1. The summed E-state index contributed by atoms with van der Waals surface area (Å²) in [6.45, 7) is 3.01. The first-order valence-corrected chi connectivity index (χ1v) is 6.33. The van der Waals surface area contributed by atoms with Crippen LogP contribution in [0.1, 0.15) is 24.1 Å². The molecule has 0 radical (unpaired) electrons. The quantitative estimate of drug-likeness (QED) is 0.866. The maximum absolute atomic E-state index is 5.03. The van der Waals surface area contributed by atoms with Crippen LogP contribution in [0.4, 0.5) is 0 Å². The molecule has 1 aromatic carbocycles. The van der Waals surface area contributed by atoms with E-state index in [0.29, 0.717) is 6.04 Å². The Bertz CT molecular complexity index is 422. The van der Waals surface area contributed by atoms with Gasteiger partial charge in [0.05, 0.1) is 12.5 Å². The zero-order valence-corrected chi connectivity index (χ0v) is 11.3. The second kappa shape index (κ2) is 5.50. The summed E-state index contributed by atoms with van der Waals surface area (Å²) in [6, 6.07) is 10.9. The largest absolute Gasteiger partial charge is 0.472 e. The number of furan rings is 1. The average Bonchev–Trinajstić information content (AvgIpc) is 2.80. The van der Waals surface area contributed by atoms with E-state index in [1.807, 2.05) is 6.07 Å². The molecule has 2 rings (SSSR count). The highest BCUT2D eigenvalue weighted by molar-refractivity contribution is 14.1. The average molecular weight is 327 g/mol. The normalized spacial score (nSPS) is 12.6.